The summed E-state index contributed by atoms with van der Waals surface area (Å²) in [6, 6.07) is 8.98. The van der Waals surface area contributed by atoms with Crippen LogP contribution in [0.5, 0.6) is 0 Å². The van der Waals surface area contributed by atoms with Crippen molar-refractivity contribution in [1.29, 1.82) is 0 Å². The van der Waals surface area contributed by atoms with Gasteiger partial charge in [-0.15, -0.1) is 0 Å². The lowest BCUT2D eigenvalue weighted by Crippen LogP contribution is -2.44. The van der Waals surface area contributed by atoms with Crippen LogP contribution < -0.4 is 10.2 Å². The fraction of sp³-hybridized carbons (Fsp3) is 0.600. The molecule has 0 aromatic heterocycles. The van der Waals surface area contributed by atoms with Crippen LogP contribution in [0, 0.1) is 0 Å². The van der Waals surface area contributed by atoms with Crippen LogP contribution in [0.4, 0.5) is 5.69 Å². The monoisotopic (exact) mass is 250 g/mol. The summed E-state index contributed by atoms with van der Waals surface area (Å²) in [6.07, 6.45) is 0. The van der Waals surface area contributed by atoms with Crippen LogP contribution in [-0.4, -0.2) is 30.3 Å². The van der Waals surface area contributed by atoms with Gasteiger partial charge in [-0.3, -0.25) is 0 Å². The molecule has 0 heterocycles. The molecule has 0 radical (unpaired) electrons. The molecule has 0 saturated heterocycles. The van der Waals surface area contributed by atoms with Gasteiger partial charge in [0.1, 0.15) is 0 Å². The second-order valence-corrected chi connectivity index (χ2v) is 5.73. The number of likely N-dealkylation sites (N-methyl/N-ethyl adjacent to an activating group) is 1. The Labute approximate surface area is 111 Å². The Hall–Kier alpha value is -1.06. The van der Waals surface area contributed by atoms with E-state index < -0.39 is 0 Å². The number of nitrogens with zero attached hydrogens (tertiary/aromatic N) is 1. The highest BCUT2D eigenvalue weighted by molar-refractivity contribution is 5.49. The van der Waals surface area contributed by atoms with Gasteiger partial charge in [0.2, 0.25) is 0 Å². The summed E-state index contributed by atoms with van der Waals surface area (Å²) >= 11 is 0. The summed E-state index contributed by atoms with van der Waals surface area (Å²) < 4.78 is 0. The smallest absolute Gasteiger partial charge is 0.0658 e. The number of aliphatic hydroxyl groups excluding tert-OH is 1. The van der Waals surface area contributed by atoms with Gasteiger partial charge in [-0.2, -0.15) is 0 Å². The minimum absolute atomic E-state index is 0.139. The summed E-state index contributed by atoms with van der Waals surface area (Å²) in [7, 11) is 2.01. The normalized spacial score (nSPS) is 11.9. The zero-order valence-electron chi connectivity index (χ0n) is 12.2. The third kappa shape index (κ3) is 4.00. The van der Waals surface area contributed by atoms with Crippen molar-refractivity contribution < 1.29 is 5.11 Å². The summed E-state index contributed by atoms with van der Waals surface area (Å²) in [5, 5.41) is 12.8. The molecule has 18 heavy (non-hydrogen) atoms. The maximum atomic E-state index is 9.37. The first-order valence-electron chi connectivity index (χ1n) is 6.54. The zero-order chi connectivity index (χ0) is 13.8. The molecule has 0 spiro atoms. The van der Waals surface area contributed by atoms with E-state index in [0.29, 0.717) is 6.04 Å². The van der Waals surface area contributed by atoms with E-state index in [-0.39, 0.29) is 12.1 Å². The van der Waals surface area contributed by atoms with Crippen LogP contribution in [-0.2, 0) is 6.54 Å². The number of anilines is 1. The van der Waals surface area contributed by atoms with Gasteiger partial charge < -0.3 is 15.3 Å². The lowest BCUT2D eigenvalue weighted by molar-refractivity contribution is 0.216. The first kappa shape index (κ1) is 15.0. The molecular weight excluding hydrogens is 224 g/mol. The van der Waals surface area contributed by atoms with Gasteiger partial charge in [0, 0.05) is 25.3 Å². The molecule has 0 unspecified atom stereocenters. The second-order valence-electron chi connectivity index (χ2n) is 5.73. The summed E-state index contributed by atoms with van der Waals surface area (Å²) in [6.45, 7) is 9.38. The lowest BCUT2D eigenvalue weighted by atomic mass is 10.0. The maximum absolute atomic E-state index is 9.37. The molecule has 0 bridgehead atoms. The van der Waals surface area contributed by atoms with Gasteiger partial charge in [0.25, 0.3) is 0 Å². The Bertz CT molecular complexity index is 357. The van der Waals surface area contributed by atoms with Crippen molar-refractivity contribution in [2.45, 2.75) is 45.8 Å². The van der Waals surface area contributed by atoms with E-state index in [1.165, 1.54) is 5.56 Å². The Kier molecular flexibility index (Phi) is 5.17. The molecule has 1 aromatic rings. The first-order chi connectivity index (χ1) is 8.36. The van der Waals surface area contributed by atoms with E-state index in [4.69, 9.17) is 0 Å². The average molecular weight is 250 g/mol. The fourth-order valence-corrected chi connectivity index (χ4v) is 1.61. The van der Waals surface area contributed by atoms with E-state index in [9.17, 15) is 5.11 Å². The van der Waals surface area contributed by atoms with E-state index in [1.54, 1.807) is 0 Å². The topological polar surface area (TPSA) is 35.5 Å². The number of nitrogens with one attached hydrogen (secondary N) is 1. The largest absolute Gasteiger partial charge is 0.394 e. The highest BCUT2D eigenvalue weighted by atomic mass is 16.3. The lowest BCUT2D eigenvalue weighted by Gasteiger charge is -2.36. The Morgan fingerprint density at radius 3 is 2.22 bits per heavy atom. The molecule has 0 aliphatic rings. The van der Waals surface area contributed by atoms with E-state index in [1.807, 2.05) is 20.9 Å². The molecule has 1 aromatic carbocycles. The molecule has 2 N–H and O–H groups in total. The number of aliphatic hydroxyl groups is 1. The van der Waals surface area contributed by atoms with Crippen molar-refractivity contribution in [2.24, 2.45) is 0 Å². The number of hydrogen-bond donors (Lipinski definition) is 2. The predicted molar refractivity (Wildman–Crippen MR) is 78.0 cm³/mol. The molecule has 0 aliphatic heterocycles. The van der Waals surface area contributed by atoms with Gasteiger partial charge in [-0.05, 0) is 31.5 Å². The zero-order valence-corrected chi connectivity index (χ0v) is 12.2. The molecule has 0 fully saturated rings. The minimum Gasteiger partial charge on any atom is -0.394 e. The highest BCUT2D eigenvalue weighted by Crippen LogP contribution is 2.22. The number of rotatable bonds is 6. The summed E-state index contributed by atoms with van der Waals surface area (Å²) in [4.78, 5) is 2.10. The summed E-state index contributed by atoms with van der Waals surface area (Å²) in [5.74, 6) is 0. The molecule has 102 valence electrons. The van der Waals surface area contributed by atoms with Crippen molar-refractivity contribution >= 4 is 5.69 Å². The van der Waals surface area contributed by atoms with Crippen molar-refractivity contribution in [3.63, 3.8) is 0 Å². The molecule has 3 nitrogen and oxygen atoms in total. The molecular formula is C15H26N2O. The van der Waals surface area contributed by atoms with Crippen LogP contribution in [0.2, 0.25) is 0 Å². The van der Waals surface area contributed by atoms with Crippen LogP contribution in [0.3, 0.4) is 0 Å². The third-order valence-corrected chi connectivity index (χ3v) is 3.33. The second kappa shape index (κ2) is 6.21. The highest BCUT2D eigenvalue weighted by Gasteiger charge is 2.22. The van der Waals surface area contributed by atoms with Crippen molar-refractivity contribution in [2.75, 3.05) is 18.6 Å². The Morgan fingerprint density at radius 1 is 1.22 bits per heavy atom. The van der Waals surface area contributed by atoms with Gasteiger partial charge >= 0.3 is 0 Å². The van der Waals surface area contributed by atoms with Gasteiger partial charge in [0.15, 0.2) is 0 Å². The van der Waals surface area contributed by atoms with Gasteiger partial charge in [0.05, 0.1) is 12.1 Å². The standard InChI is InChI=1S/C15H26N2O/c1-12(2)16-10-13-6-8-14(9-7-13)17(5)15(3,4)11-18/h6-9,12,16,18H,10-11H2,1-5H3. The van der Waals surface area contributed by atoms with E-state index in [2.05, 4.69) is 48.3 Å². The Morgan fingerprint density at radius 2 is 1.78 bits per heavy atom. The fourth-order valence-electron chi connectivity index (χ4n) is 1.61. The van der Waals surface area contributed by atoms with E-state index >= 15 is 0 Å². The first-order valence-corrected chi connectivity index (χ1v) is 6.54. The van der Waals surface area contributed by atoms with Crippen molar-refractivity contribution in [3.8, 4) is 0 Å². The number of hydrogen-bond acceptors (Lipinski definition) is 3. The van der Waals surface area contributed by atoms with Crippen LogP contribution in [0.25, 0.3) is 0 Å². The number of benzene rings is 1. The maximum Gasteiger partial charge on any atom is 0.0658 e. The summed E-state index contributed by atoms with van der Waals surface area (Å²) in [5.41, 5.74) is 2.17. The molecule has 0 aliphatic carbocycles. The molecule has 0 saturated carbocycles. The van der Waals surface area contributed by atoms with Crippen LogP contribution in [0.15, 0.2) is 24.3 Å². The third-order valence-electron chi connectivity index (χ3n) is 3.33. The van der Waals surface area contributed by atoms with Crippen molar-refractivity contribution in [1.82, 2.24) is 5.32 Å². The van der Waals surface area contributed by atoms with Gasteiger partial charge in [-0.1, -0.05) is 26.0 Å². The SMILES string of the molecule is CC(C)NCc1ccc(N(C)C(C)(C)CO)cc1. The van der Waals surface area contributed by atoms with Crippen LogP contribution >= 0.6 is 0 Å². The molecule has 0 atom stereocenters. The van der Waals surface area contributed by atoms with Gasteiger partial charge in [-0.25, -0.2) is 0 Å². The van der Waals surface area contributed by atoms with Crippen LogP contribution in [0.1, 0.15) is 33.3 Å². The van der Waals surface area contributed by atoms with Crippen molar-refractivity contribution in [3.05, 3.63) is 29.8 Å². The molecule has 3 heteroatoms. The Balaban J connectivity index is 2.70. The molecule has 0 amide bonds. The molecule has 1 rings (SSSR count). The average Bonchev–Trinajstić information content (AvgIpc) is 2.36. The van der Waals surface area contributed by atoms with E-state index in [0.717, 1.165) is 12.2 Å². The predicted octanol–water partition coefficient (Wildman–Crippen LogP) is 2.39. The quantitative estimate of drug-likeness (QED) is 0.814. The minimum atomic E-state index is -0.238.